The van der Waals surface area contributed by atoms with Crippen LogP contribution in [0.15, 0.2) is 35.3 Å². The SMILES string of the molecule is NC(=O)c1cccc(Cn2ncc(Cl)c(Cl)c2=O)c1. The van der Waals surface area contributed by atoms with Crippen molar-refractivity contribution >= 4 is 29.1 Å². The summed E-state index contributed by atoms with van der Waals surface area (Å²) in [7, 11) is 0. The van der Waals surface area contributed by atoms with Gasteiger partial charge in [0.2, 0.25) is 5.91 Å². The van der Waals surface area contributed by atoms with Crippen LogP contribution in [0.1, 0.15) is 15.9 Å². The minimum absolute atomic E-state index is 0.0808. The Morgan fingerprint density at radius 2 is 2.11 bits per heavy atom. The highest BCUT2D eigenvalue weighted by atomic mass is 35.5. The average Bonchev–Trinajstić information content (AvgIpc) is 2.40. The normalized spacial score (nSPS) is 10.4. The van der Waals surface area contributed by atoms with Crippen LogP contribution in [-0.2, 0) is 6.54 Å². The summed E-state index contributed by atoms with van der Waals surface area (Å²) < 4.78 is 1.16. The molecule has 0 fully saturated rings. The number of nitrogens with zero attached hydrogens (tertiary/aromatic N) is 2. The fourth-order valence-electron chi connectivity index (χ4n) is 1.55. The van der Waals surface area contributed by atoms with Crippen LogP contribution in [0.4, 0.5) is 0 Å². The van der Waals surface area contributed by atoms with Gasteiger partial charge in [0.1, 0.15) is 5.02 Å². The molecule has 0 saturated carbocycles. The van der Waals surface area contributed by atoms with E-state index in [0.717, 1.165) is 4.68 Å². The number of carbonyl (C=O) groups excluding carboxylic acids is 1. The lowest BCUT2D eigenvalue weighted by Gasteiger charge is -2.06. The molecule has 98 valence electrons. The summed E-state index contributed by atoms with van der Waals surface area (Å²) in [5.74, 6) is -0.531. The van der Waals surface area contributed by atoms with Gasteiger partial charge in [0, 0.05) is 5.56 Å². The van der Waals surface area contributed by atoms with E-state index in [2.05, 4.69) is 5.10 Å². The lowest BCUT2D eigenvalue weighted by atomic mass is 10.1. The zero-order chi connectivity index (χ0) is 14.0. The Bertz CT molecular complexity index is 698. The molecule has 0 spiro atoms. The summed E-state index contributed by atoms with van der Waals surface area (Å²) in [4.78, 5) is 22.9. The quantitative estimate of drug-likeness (QED) is 0.936. The van der Waals surface area contributed by atoms with E-state index in [9.17, 15) is 9.59 Å². The van der Waals surface area contributed by atoms with E-state index < -0.39 is 11.5 Å². The largest absolute Gasteiger partial charge is 0.366 e. The Morgan fingerprint density at radius 1 is 1.37 bits per heavy atom. The minimum Gasteiger partial charge on any atom is -0.366 e. The first-order chi connectivity index (χ1) is 8.99. The van der Waals surface area contributed by atoms with Gasteiger partial charge in [-0.2, -0.15) is 5.10 Å². The van der Waals surface area contributed by atoms with Crippen LogP contribution < -0.4 is 11.3 Å². The molecular weight excluding hydrogens is 289 g/mol. The summed E-state index contributed by atoms with van der Waals surface area (Å²) >= 11 is 11.4. The lowest BCUT2D eigenvalue weighted by Crippen LogP contribution is -2.24. The van der Waals surface area contributed by atoms with Crippen LogP contribution in [0, 0.1) is 0 Å². The number of hydrogen-bond donors (Lipinski definition) is 1. The molecule has 0 radical (unpaired) electrons. The predicted molar refractivity (Wildman–Crippen MR) is 72.6 cm³/mol. The van der Waals surface area contributed by atoms with Crippen LogP contribution in [0.2, 0.25) is 10.0 Å². The van der Waals surface area contributed by atoms with Crippen LogP contribution in [-0.4, -0.2) is 15.7 Å². The van der Waals surface area contributed by atoms with Crippen molar-refractivity contribution in [2.24, 2.45) is 5.73 Å². The standard InChI is InChI=1S/C12H9Cl2N3O2/c13-9-5-16-17(12(19)10(9)14)6-7-2-1-3-8(4-7)11(15)18/h1-5H,6H2,(H2,15,18). The molecule has 2 rings (SSSR count). The Balaban J connectivity index is 2.37. The second-order valence-electron chi connectivity index (χ2n) is 3.83. The maximum absolute atomic E-state index is 11.8. The summed E-state index contributed by atoms with van der Waals surface area (Å²) in [6.07, 6.45) is 1.29. The first-order valence-corrected chi connectivity index (χ1v) is 6.04. The van der Waals surface area contributed by atoms with Gasteiger partial charge in [-0.3, -0.25) is 9.59 Å². The molecule has 0 aliphatic carbocycles. The third-order valence-corrected chi connectivity index (χ3v) is 3.23. The highest BCUT2D eigenvalue weighted by molar-refractivity contribution is 6.41. The van der Waals surface area contributed by atoms with E-state index in [1.54, 1.807) is 24.3 Å². The maximum atomic E-state index is 11.8. The molecule has 1 heterocycles. The minimum atomic E-state index is -0.531. The van der Waals surface area contributed by atoms with Gasteiger partial charge in [-0.1, -0.05) is 35.3 Å². The summed E-state index contributed by atoms with van der Waals surface area (Å²) in [6.45, 7) is 0.177. The number of hydrogen-bond acceptors (Lipinski definition) is 3. The van der Waals surface area contributed by atoms with Crippen molar-refractivity contribution in [3.05, 3.63) is 62.0 Å². The highest BCUT2D eigenvalue weighted by Crippen LogP contribution is 2.15. The lowest BCUT2D eigenvalue weighted by molar-refractivity contribution is 0.1000. The molecule has 1 aromatic carbocycles. The first kappa shape index (κ1) is 13.6. The Kier molecular flexibility index (Phi) is 3.87. The molecule has 0 aliphatic heterocycles. The van der Waals surface area contributed by atoms with E-state index in [1.807, 2.05) is 0 Å². The van der Waals surface area contributed by atoms with E-state index in [0.29, 0.717) is 11.1 Å². The number of aromatic nitrogens is 2. The van der Waals surface area contributed by atoms with E-state index in [4.69, 9.17) is 28.9 Å². The maximum Gasteiger partial charge on any atom is 0.287 e. The van der Waals surface area contributed by atoms with Gasteiger partial charge in [0.15, 0.2) is 0 Å². The van der Waals surface area contributed by atoms with Crippen molar-refractivity contribution in [2.75, 3.05) is 0 Å². The second kappa shape index (κ2) is 5.42. The van der Waals surface area contributed by atoms with Gasteiger partial charge in [0.25, 0.3) is 5.56 Å². The average molecular weight is 298 g/mol. The number of nitrogens with two attached hydrogens (primary N) is 1. The molecule has 0 bridgehead atoms. The summed E-state index contributed by atoms with van der Waals surface area (Å²) in [5.41, 5.74) is 5.78. The van der Waals surface area contributed by atoms with Crippen molar-refractivity contribution in [1.29, 1.82) is 0 Å². The molecule has 2 N–H and O–H groups in total. The topological polar surface area (TPSA) is 78.0 Å². The molecule has 2 aromatic rings. The Labute approximate surface area is 118 Å². The fourth-order valence-corrected chi connectivity index (χ4v) is 1.82. The molecule has 0 unspecified atom stereocenters. The van der Waals surface area contributed by atoms with Crippen LogP contribution in [0.5, 0.6) is 0 Å². The number of benzene rings is 1. The van der Waals surface area contributed by atoms with Gasteiger partial charge in [-0.25, -0.2) is 4.68 Å². The van der Waals surface area contributed by atoms with Crippen molar-refractivity contribution in [2.45, 2.75) is 6.54 Å². The van der Waals surface area contributed by atoms with Gasteiger partial charge in [-0.15, -0.1) is 0 Å². The number of rotatable bonds is 3. The molecule has 0 saturated heterocycles. The molecule has 19 heavy (non-hydrogen) atoms. The Morgan fingerprint density at radius 3 is 2.79 bits per heavy atom. The third-order valence-electron chi connectivity index (χ3n) is 2.49. The smallest absolute Gasteiger partial charge is 0.287 e. The van der Waals surface area contributed by atoms with E-state index in [-0.39, 0.29) is 16.6 Å². The summed E-state index contributed by atoms with van der Waals surface area (Å²) in [5, 5.41) is 3.90. The molecule has 0 atom stereocenters. The zero-order valence-electron chi connectivity index (χ0n) is 9.64. The van der Waals surface area contributed by atoms with Gasteiger partial charge in [0.05, 0.1) is 17.8 Å². The monoisotopic (exact) mass is 297 g/mol. The van der Waals surface area contributed by atoms with Gasteiger partial charge < -0.3 is 5.73 Å². The summed E-state index contributed by atoms with van der Waals surface area (Å²) in [6, 6.07) is 6.62. The number of amides is 1. The highest BCUT2D eigenvalue weighted by Gasteiger charge is 2.08. The van der Waals surface area contributed by atoms with E-state index >= 15 is 0 Å². The predicted octanol–water partition coefficient (Wildman–Crippen LogP) is 1.70. The van der Waals surface area contributed by atoms with Crippen LogP contribution in [0.25, 0.3) is 0 Å². The van der Waals surface area contributed by atoms with Crippen molar-refractivity contribution in [3.63, 3.8) is 0 Å². The van der Waals surface area contributed by atoms with Crippen molar-refractivity contribution in [1.82, 2.24) is 9.78 Å². The van der Waals surface area contributed by atoms with Gasteiger partial charge in [-0.05, 0) is 17.7 Å². The fraction of sp³-hybridized carbons (Fsp3) is 0.0833. The van der Waals surface area contributed by atoms with Crippen molar-refractivity contribution < 1.29 is 4.79 Å². The molecule has 1 aromatic heterocycles. The zero-order valence-corrected chi connectivity index (χ0v) is 11.1. The molecule has 1 amide bonds. The molecule has 5 nitrogen and oxygen atoms in total. The third kappa shape index (κ3) is 2.94. The number of carbonyl (C=O) groups is 1. The van der Waals surface area contributed by atoms with E-state index in [1.165, 1.54) is 6.20 Å². The molecule has 7 heteroatoms. The van der Waals surface area contributed by atoms with Gasteiger partial charge >= 0.3 is 0 Å². The number of halogens is 2. The number of primary amides is 1. The molecular formula is C12H9Cl2N3O2. The molecule has 0 aliphatic rings. The first-order valence-electron chi connectivity index (χ1n) is 5.29. The van der Waals surface area contributed by atoms with Crippen LogP contribution >= 0.6 is 23.2 Å². The van der Waals surface area contributed by atoms with Crippen molar-refractivity contribution in [3.8, 4) is 0 Å². The second-order valence-corrected chi connectivity index (χ2v) is 4.62. The Hall–Kier alpha value is -1.85. The van der Waals surface area contributed by atoms with Crippen LogP contribution in [0.3, 0.4) is 0 Å².